The summed E-state index contributed by atoms with van der Waals surface area (Å²) in [5.41, 5.74) is 4.62. The maximum Gasteiger partial charge on any atom is 0.119 e. The molecule has 0 spiro atoms. The van der Waals surface area contributed by atoms with Gasteiger partial charge < -0.3 is 10.1 Å². The SMILES string of the molecule is COc1ccc(/C=C\c2ccccc2)c(CC(C)NCCc2c(Cl)cccc2Cl)c1. The molecule has 0 aliphatic rings. The molecular formula is C26H27Cl2NO. The molecule has 0 fully saturated rings. The fourth-order valence-electron chi connectivity index (χ4n) is 3.42. The Morgan fingerprint density at radius 1 is 0.933 bits per heavy atom. The highest BCUT2D eigenvalue weighted by atomic mass is 35.5. The van der Waals surface area contributed by atoms with Crippen molar-refractivity contribution >= 4 is 35.4 Å². The van der Waals surface area contributed by atoms with Crippen LogP contribution in [0, 0.1) is 0 Å². The molecule has 30 heavy (non-hydrogen) atoms. The van der Waals surface area contributed by atoms with Gasteiger partial charge in [-0.25, -0.2) is 0 Å². The third kappa shape index (κ3) is 6.37. The van der Waals surface area contributed by atoms with Crippen LogP contribution >= 0.6 is 23.2 Å². The van der Waals surface area contributed by atoms with Crippen LogP contribution in [0.25, 0.3) is 12.2 Å². The van der Waals surface area contributed by atoms with E-state index in [0.717, 1.165) is 40.7 Å². The Labute approximate surface area is 189 Å². The predicted octanol–water partition coefficient (Wildman–Crippen LogP) is 6.94. The summed E-state index contributed by atoms with van der Waals surface area (Å²) in [6.07, 6.45) is 5.99. The Morgan fingerprint density at radius 3 is 2.37 bits per heavy atom. The third-order valence-corrected chi connectivity index (χ3v) is 5.77. The van der Waals surface area contributed by atoms with Crippen molar-refractivity contribution in [3.63, 3.8) is 0 Å². The van der Waals surface area contributed by atoms with Gasteiger partial charge in [-0.05, 0) is 72.8 Å². The van der Waals surface area contributed by atoms with Gasteiger partial charge in [-0.3, -0.25) is 0 Å². The van der Waals surface area contributed by atoms with Crippen LogP contribution in [0.3, 0.4) is 0 Å². The van der Waals surface area contributed by atoms with Gasteiger partial charge in [-0.2, -0.15) is 0 Å². The van der Waals surface area contributed by atoms with Crippen molar-refractivity contribution in [3.8, 4) is 5.75 Å². The minimum absolute atomic E-state index is 0.294. The zero-order chi connectivity index (χ0) is 21.3. The van der Waals surface area contributed by atoms with Crippen molar-refractivity contribution in [2.24, 2.45) is 0 Å². The summed E-state index contributed by atoms with van der Waals surface area (Å²) >= 11 is 12.6. The van der Waals surface area contributed by atoms with Gasteiger partial charge in [-0.1, -0.05) is 77.8 Å². The summed E-state index contributed by atoms with van der Waals surface area (Å²) in [5, 5.41) is 5.03. The lowest BCUT2D eigenvalue weighted by atomic mass is 9.99. The molecule has 2 nitrogen and oxygen atoms in total. The molecule has 0 heterocycles. The molecule has 3 rings (SSSR count). The number of halogens is 2. The van der Waals surface area contributed by atoms with Gasteiger partial charge in [0.05, 0.1) is 7.11 Å². The Kier molecular flexibility index (Phi) is 8.39. The number of hydrogen-bond acceptors (Lipinski definition) is 2. The van der Waals surface area contributed by atoms with Gasteiger partial charge in [-0.15, -0.1) is 0 Å². The number of nitrogens with one attached hydrogen (secondary N) is 1. The van der Waals surface area contributed by atoms with Crippen LogP contribution in [0.1, 0.15) is 29.2 Å². The van der Waals surface area contributed by atoms with E-state index >= 15 is 0 Å². The first-order chi connectivity index (χ1) is 14.6. The molecule has 0 aliphatic heterocycles. The number of hydrogen-bond donors (Lipinski definition) is 1. The molecule has 1 atom stereocenters. The summed E-state index contributed by atoms with van der Waals surface area (Å²) < 4.78 is 5.45. The molecule has 4 heteroatoms. The normalized spacial score (nSPS) is 12.3. The number of methoxy groups -OCH3 is 1. The molecule has 0 aliphatic carbocycles. The van der Waals surface area contributed by atoms with Gasteiger partial charge in [0.15, 0.2) is 0 Å². The number of rotatable bonds is 9. The Hall–Kier alpha value is -2.26. The summed E-state index contributed by atoms with van der Waals surface area (Å²) in [7, 11) is 1.70. The van der Waals surface area contributed by atoms with E-state index in [-0.39, 0.29) is 0 Å². The lowest BCUT2D eigenvalue weighted by Gasteiger charge is -2.17. The topological polar surface area (TPSA) is 21.3 Å². The van der Waals surface area contributed by atoms with E-state index in [0.29, 0.717) is 6.04 Å². The third-order valence-electron chi connectivity index (χ3n) is 5.06. The van der Waals surface area contributed by atoms with Crippen LogP contribution in [0.15, 0.2) is 66.7 Å². The maximum absolute atomic E-state index is 6.28. The second-order valence-corrected chi connectivity index (χ2v) is 8.13. The van der Waals surface area contributed by atoms with Gasteiger partial charge in [0.25, 0.3) is 0 Å². The van der Waals surface area contributed by atoms with Crippen LogP contribution in [0.2, 0.25) is 10.0 Å². The first kappa shape index (κ1) is 22.4. The molecule has 0 bridgehead atoms. The molecule has 0 saturated carbocycles. The minimum atomic E-state index is 0.294. The van der Waals surface area contributed by atoms with E-state index in [1.54, 1.807) is 7.11 Å². The average molecular weight is 440 g/mol. The van der Waals surface area contributed by atoms with Crippen molar-refractivity contribution in [1.82, 2.24) is 5.32 Å². The molecule has 0 aromatic heterocycles. The zero-order valence-corrected chi connectivity index (χ0v) is 18.9. The van der Waals surface area contributed by atoms with E-state index in [1.807, 2.05) is 42.5 Å². The maximum atomic E-state index is 6.28. The van der Waals surface area contributed by atoms with Gasteiger partial charge in [0.2, 0.25) is 0 Å². The zero-order valence-electron chi connectivity index (χ0n) is 17.4. The second kappa shape index (κ2) is 11.2. The largest absolute Gasteiger partial charge is 0.497 e. The summed E-state index contributed by atoms with van der Waals surface area (Å²) in [4.78, 5) is 0. The quantitative estimate of drug-likeness (QED) is 0.364. The van der Waals surface area contributed by atoms with Crippen LogP contribution in [-0.4, -0.2) is 19.7 Å². The average Bonchev–Trinajstić information content (AvgIpc) is 2.75. The molecule has 3 aromatic rings. The first-order valence-corrected chi connectivity index (χ1v) is 10.9. The first-order valence-electron chi connectivity index (χ1n) is 10.1. The predicted molar refractivity (Wildman–Crippen MR) is 130 cm³/mol. The van der Waals surface area contributed by atoms with Crippen molar-refractivity contribution in [3.05, 3.63) is 99.0 Å². The molecule has 0 amide bonds. The van der Waals surface area contributed by atoms with Crippen molar-refractivity contribution in [1.29, 1.82) is 0 Å². The van der Waals surface area contributed by atoms with Crippen molar-refractivity contribution in [2.75, 3.05) is 13.7 Å². The van der Waals surface area contributed by atoms with E-state index in [9.17, 15) is 0 Å². The monoisotopic (exact) mass is 439 g/mol. The van der Waals surface area contributed by atoms with Crippen LogP contribution in [0.4, 0.5) is 0 Å². The summed E-state index contributed by atoms with van der Waals surface area (Å²) in [6.45, 7) is 3.00. The van der Waals surface area contributed by atoms with Crippen LogP contribution in [-0.2, 0) is 12.8 Å². The van der Waals surface area contributed by atoms with Gasteiger partial charge in [0.1, 0.15) is 5.75 Å². The van der Waals surface area contributed by atoms with Crippen molar-refractivity contribution in [2.45, 2.75) is 25.8 Å². The van der Waals surface area contributed by atoms with E-state index < -0.39 is 0 Å². The van der Waals surface area contributed by atoms with E-state index in [1.165, 1.54) is 16.7 Å². The fourth-order valence-corrected chi connectivity index (χ4v) is 4.00. The molecule has 3 aromatic carbocycles. The van der Waals surface area contributed by atoms with E-state index in [2.05, 4.69) is 48.7 Å². The molecule has 1 N–H and O–H groups in total. The van der Waals surface area contributed by atoms with Gasteiger partial charge in [0, 0.05) is 16.1 Å². The number of benzene rings is 3. The summed E-state index contributed by atoms with van der Waals surface area (Å²) in [5.74, 6) is 0.872. The molecule has 0 saturated heterocycles. The highest BCUT2D eigenvalue weighted by molar-refractivity contribution is 6.35. The lowest BCUT2D eigenvalue weighted by Crippen LogP contribution is -2.30. The lowest BCUT2D eigenvalue weighted by molar-refractivity contribution is 0.414. The standard InChI is InChI=1S/C26H27Cl2NO/c1-19(29-16-15-24-25(27)9-6-10-26(24)28)17-22-18-23(30-2)14-13-21(22)12-11-20-7-4-3-5-8-20/h3-14,18-19,29H,15-17H2,1-2H3/b12-11-. The highest BCUT2D eigenvalue weighted by Crippen LogP contribution is 2.25. The van der Waals surface area contributed by atoms with Crippen LogP contribution in [0.5, 0.6) is 5.75 Å². The Morgan fingerprint density at radius 2 is 1.67 bits per heavy atom. The molecular weight excluding hydrogens is 413 g/mol. The Bertz CT molecular complexity index is 965. The van der Waals surface area contributed by atoms with E-state index in [4.69, 9.17) is 27.9 Å². The molecule has 0 radical (unpaired) electrons. The molecule has 156 valence electrons. The highest BCUT2D eigenvalue weighted by Gasteiger charge is 2.10. The minimum Gasteiger partial charge on any atom is -0.497 e. The second-order valence-electron chi connectivity index (χ2n) is 7.32. The van der Waals surface area contributed by atoms with Gasteiger partial charge >= 0.3 is 0 Å². The molecule has 1 unspecified atom stereocenters. The Balaban J connectivity index is 1.66. The smallest absolute Gasteiger partial charge is 0.119 e. The fraction of sp³-hybridized carbons (Fsp3) is 0.231. The number of ether oxygens (including phenoxy) is 1. The summed E-state index contributed by atoms with van der Waals surface area (Å²) in [6, 6.07) is 22.5. The van der Waals surface area contributed by atoms with Crippen LogP contribution < -0.4 is 10.1 Å². The van der Waals surface area contributed by atoms with Crippen molar-refractivity contribution < 1.29 is 4.74 Å².